The molecule has 10 heteroatoms. The average Bonchev–Trinajstić information content (AvgIpc) is 3.50. The quantitative estimate of drug-likeness (QED) is 0.497. The summed E-state index contributed by atoms with van der Waals surface area (Å²) in [7, 11) is 0. The molecule has 0 unspecified atom stereocenters. The minimum atomic E-state index is -0.493. The maximum Gasteiger partial charge on any atom is 0.414 e. The molecule has 0 bridgehead atoms. The van der Waals surface area contributed by atoms with Crippen LogP contribution in [0.15, 0.2) is 54.9 Å². The Morgan fingerprint density at radius 2 is 1.88 bits per heavy atom. The number of hydrogen-bond donors (Lipinski definition) is 0. The fraction of sp³-hybridized carbons (Fsp3) is 0.333. The molecule has 0 radical (unpaired) electrons. The van der Waals surface area contributed by atoms with Crippen LogP contribution in [0, 0.1) is 5.82 Å². The summed E-state index contributed by atoms with van der Waals surface area (Å²) in [6.07, 6.45) is 3.24. The number of amides is 1. The van der Waals surface area contributed by atoms with Gasteiger partial charge in [-0.05, 0) is 23.8 Å². The van der Waals surface area contributed by atoms with E-state index in [-0.39, 0.29) is 11.9 Å². The van der Waals surface area contributed by atoms with E-state index in [1.54, 1.807) is 29.2 Å². The molecule has 2 aliphatic rings. The van der Waals surface area contributed by atoms with Gasteiger partial charge in [-0.25, -0.2) is 13.9 Å². The Hall–Kier alpha value is -3.79. The van der Waals surface area contributed by atoms with Gasteiger partial charge in [0.25, 0.3) is 0 Å². The van der Waals surface area contributed by atoms with Crippen LogP contribution in [0.25, 0.3) is 0 Å². The molecule has 34 heavy (non-hydrogen) atoms. The van der Waals surface area contributed by atoms with E-state index in [1.165, 1.54) is 11.0 Å². The molecule has 9 nitrogen and oxygen atoms in total. The molecule has 1 amide bonds. The fourth-order valence-corrected chi connectivity index (χ4v) is 4.39. The molecule has 0 spiro atoms. The zero-order valence-corrected chi connectivity index (χ0v) is 18.6. The first kappa shape index (κ1) is 22.0. The Kier molecular flexibility index (Phi) is 6.22. The van der Waals surface area contributed by atoms with Gasteiger partial charge in [0.15, 0.2) is 0 Å². The largest absolute Gasteiger partial charge is 0.442 e. The van der Waals surface area contributed by atoms with E-state index in [0.717, 1.165) is 31.5 Å². The highest BCUT2D eigenvalue weighted by molar-refractivity contribution is 5.90. The number of carbonyl (C=O) groups is 2. The van der Waals surface area contributed by atoms with Crippen molar-refractivity contribution in [1.82, 2.24) is 19.9 Å². The molecule has 2 fully saturated rings. The highest BCUT2D eigenvalue weighted by Gasteiger charge is 2.33. The van der Waals surface area contributed by atoms with Gasteiger partial charge < -0.3 is 9.64 Å². The highest BCUT2D eigenvalue weighted by atomic mass is 19.1. The van der Waals surface area contributed by atoms with Gasteiger partial charge in [0.2, 0.25) is 0 Å². The molecule has 3 aromatic rings. The number of aldehydes is 1. The van der Waals surface area contributed by atoms with Crippen LogP contribution in [-0.4, -0.2) is 71.1 Å². The number of benzene rings is 2. The Bertz CT molecular complexity index is 1150. The number of rotatable bonds is 7. The normalized spacial score (nSPS) is 18.9. The maximum atomic E-state index is 15.0. The van der Waals surface area contributed by atoms with Crippen molar-refractivity contribution in [2.24, 2.45) is 0 Å². The summed E-state index contributed by atoms with van der Waals surface area (Å²) < 4.78 is 22.1. The molecule has 1 aromatic heterocycles. The lowest BCUT2D eigenvalue weighted by Gasteiger charge is -2.36. The molecule has 0 saturated carbocycles. The number of anilines is 2. The SMILES string of the molecule is O=Cc1ccc(CN2CCN(c3ccc(N4C[C@H](Cn5ccnn5)OC4=O)cc3F)CC2)cc1. The maximum absolute atomic E-state index is 15.0. The van der Waals surface area contributed by atoms with Crippen LogP contribution in [0.5, 0.6) is 0 Å². The molecule has 1 atom stereocenters. The zero-order chi connectivity index (χ0) is 23.5. The first-order valence-corrected chi connectivity index (χ1v) is 11.2. The third kappa shape index (κ3) is 4.76. The van der Waals surface area contributed by atoms with E-state index >= 15 is 4.39 Å². The third-order valence-corrected chi connectivity index (χ3v) is 6.21. The van der Waals surface area contributed by atoms with Gasteiger partial charge in [0, 0.05) is 44.5 Å². The summed E-state index contributed by atoms with van der Waals surface area (Å²) in [4.78, 5) is 28.9. The number of aromatic nitrogens is 3. The number of nitrogens with zero attached hydrogens (tertiary/aromatic N) is 6. The summed E-state index contributed by atoms with van der Waals surface area (Å²) in [5.74, 6) is -0.358. The van der Waals surface area contributed by atoms with Crippen LogP contribution in [0.2, 0.25) is 0 Å². The van der Waals surface area contributed by atoms with Crippen molar-refractivity contribution in [2.45, 2.75) is 19.2 Å². The second-order valence-electron chi connectivity index (χ2n) is 8.50. The second-order valence-corrected chi connectivity index (χ2v) is 8.50. The van der Waals surface area contributed by atoms with E-state index in [2.05, 4.69) is 15.2 Å². The number of carbonyl (C=O) groups excluding carboxylic acids is 2. The van der Waals surface area contributed by atoms with Crippen LogP contribution in [-0.2, 0) is 17.8 Å². The van der Waals surface area contributed by atoms with Gasteiger partial charge in [0.05, 0.1) is 30.7 Å². The van der Waals surface area contributed by atoms with Crippen molar-refractivity contribution >= 4 is 23.8 Å². The minimum Gasteiger partial charge on any atom is -0.442 e. The first-order chi connectivity index (χ1) is 16.6. The van der Waals surface area contributed by atoms with Crippen molar-refractivity contribution < 1.29 is 18.7 Å². The fourth-order valence-electron chi connectivity index (χ4n) is 4.39. The first-order valence-electron chi connectivity index (χ1n) is 11.2. The van der Waals surface area contributed by atoms with Crippen LogP contribution in [0.3, 0.4) is 0 Å². The van der Waals surface area contributed by atoms with Gasteiger partial charge in [0.1, 0.15) is 18.2 Å². The Balaban J connectivity index is 1.18. The number of halogens is 1. The molecule has 0 aliphatic carbocycles. The predicted octanol–water partition coefficient (Wildman–Crippen LogP) is 2.58. The third-order valence-electron chi connectivity index (χ3n) is 6.21. The standard InChI is InChI=1S/C24H25FN6O3/c25-22-13-20(31-16-21(34-24(31)33)15-30-8-7-26-27-30)5-6-23(22)29-11-9-28(10-12-29)14-18-1-3-19(17-32)4-2-18/h1-8,13,17,21H,9-12,14-16H2/t21-/m0/s1. The monoisotopic (exact) mass is 464 g/mol. The van der Waals surface area contributed by atoms with E-state index < -0.39 is 6.09 Å². The van der Waals surface area contributed by atoms with Crippen LogP contribution >= 0.6 is 0 Å². The summed E-state index contributed by atoms with van der Waals surface area (Å²) in [6.45, 7) is 4.53. The van der Waals surface area contributed by atoms with E-state index in [9.17, 15) is 9.59 Å². The Morgan fingerprint density at radius 1 is 1.09 bits per heavy atom. The van der Waals surface area contributed by atoms with Crippen molar-refractivity contribution in [3.8, 4) is 0 Å². The topological polar surface area (TPSA) is 83.8 Å². The second kappa shape index (κ2) is 9.60. The van der Waals surface area contributed by atoms with Gasteiger partial charge in [-0.3, -0.25) is 14.6 Å². The summed E-state index contributed by atoms with van der Waals surface area (Å²) in [5.41, 5.74) is 2.82. The van der Waals surface area contributed by atoms with Crippen LogP contribution < -0.4 is 9.80 Å². The zero-order valence-electron chi connectivity index (χ0n) is 18.6. The molecule has 2 aliphatic heterocycles. The molecular weight excluding hydrogens is 439 g/mol. The molecule has 5 rings (SSSR count). The predicted molar refractivity (Wildman–Crippen MR) is 123 cm³/mol. The lowest BCUT2D eigenvalue weighted by Crippen LogP contribution is -2.46. The van der Waals surface area contributed by atoms with Gasteiger partial charge in [-0.15, -0.1) is 5.10 Å². The van der Waals surface area contributed by atoms with Crippen LogP contribution in [0.4, 0.5) is 20.6 Å². The van der Waals surface area contributed by atoms with E-state index in [0.29, 0.717) is 43.1 Å². The van der Waals surface area contributed by atoms with Crippen molar-refractivity contribution in [2.75, 3.05) is 42.5 Å². The number of cyclic esters (lactones) is 1. The van der Waals surface area contributed by atoms with Gasteiger partial charge in [-0.2, -0.15) is 0 Å². The summed E-state index contributed by atoms with van der Waals surface area (Å²) in [5, 5.41) is 7.64. The van der Waals surface area contributed by atoms with Crippen molar-refractivity contribution in [3.05, 3.63) is 71.8 Å². The number of hydrogen-bond acceptors (Lipinski definition) is 7. The van der Waals surface area contributed by atoms with E-state index in [4.69, 9.17) is 4.74 Å². The summed E-state index contributed by atoms with van der Waals surface area (Å²) in [6, 6.07) is 12.5. The highest BCUT2D eigenvalue weighted by Crippen LogP contribution is 2.29. The number of ether oxygens (including phenoxy) is 1. The summed E-state index contributed by atoms with van der Waals surface area (Å²) >= 11 is 0. The molecule has 3 heterocycles. The van der Waals surface area contributed by atoms with Gasteiger partial charge >= 0.3 is 6.09 Å². The average molecular weight is 465 g/mol. The Morgan fingerprint density at radius 3 is 2.56 bits per heavy atom. The van der Waals surface area contributed by atoms with Gasteiger partial charge in [-0.1, -0.05) is 29.5 Å². The smallest absolute Gasteiger partial charge is 0.414 e. The lowest BCUT2D eigenvalue weighted by molar-refractivity contribution is 0.112. The molecule has 0 N–H and O–H groups in total. The Labute approximate surface area is 196 Å². The van der Waals surface area contributed by atoms with Crippen molar-refractivity contribution in [3.63, 3.8) is 0 Å². The van der Waals surface area contributed by atoms with Crippen molar-refractivity contribution in [1.29, 1.82) is 0 Å². The minimum absolute atomic E-state index is 0.323. The number of piperazine rings is 1. The lowest BCUT2D eigenvalue weighted by atomic mass is 10.1. The van der Waals surface area contributed by atoms with Crippen LogP contribution in [0.1, 0.15) is 15.9 Å². The van der Waals surface area contributed by atoms with E-state index in [1.807, 2.05) is 29.2 Å². The molecule has 2 aromatic carbocycles. The molecular formula is C24H25FN6O3. The molecule has 2 saturated heterocycles. The molecule has 176 valence electrons.